The molecule has 0 fully saturated rings. The van der Waals surface area contributed by atoms with Crippen LogP contribution in [0.15, 0.2) is 24.3 Å². The van der Waals surface area contributed by atoms with E-state index >= 15 is 0 Å². The third-order valence-corrected chi connectivity index (χ3v) is 2.65. The molecule has 96 valence electrons. The third kappa shape index (κ3) is 5.82. The van der Waals surface area contributed by atoms with Gasteiger partial charge in [0.15, 0.2) is 0 Å². The maximum atomic E-state index is 9.29. The Bertz CT molecular complexity index is 309. The molecule has 0 aliphatic rings. The van der Waals surface area contributed by atoms with Gasteiger partial charge in [0.1, 0.15) is 0 Å². The molecule has 1 aromatic carbocycles. The van der Waals surface area contributed by atoms with Crippen LogP contribution in [0.25, 0.3) is 0 Å². The Morgan fingerprint density at radius 1 is 1.18 bits per heavy atom. The molecule has 1 unspecified atom stereocenters. The maximum absolute atomic E-state index is 9.29. The van der Waals surface area contributed by atoms with Crippen molar-refractivity contribution in [1.82, 2.24) is 5.32 Å². The highest BCUT2D eigenvalue weighted by atomic mass is 16.3. The van der Waals surface area contributed by atoms with Crippen LogP contribution in [-0.2, 0) is 13.0 Å². The molecule has 0 radical (unpaired) electrons. The molecule has 17 heavy (non-hydrogen) atoms. The SMILES string of the molecule is CC(C)Cc1ccc(CNCC(O)CN)cc1. The summed E-state index contributed by atoms with van der Waals surface area (Å²) in [5, 5.41) is 12.5. The number of aliphatic hydroxyl groups is 1. The molecule has 1 rings (SSSR count). The number of hydrogen-bond acceptors (Lipinski definition) is 3. The van der Waals surface area contributed by atoms with Crippen LogP contribution in [0.5, 0.6) is 0 Å². The summed E-state index contributed by atoms with van der Waals surface area (Å²) in [6, 6.07) is 8.63. The van der Waals surface area contributed by atoms with Gasteiger partial charge in [0, 0.05) is 19.6 Å². The monoisotopic (exact) mass is 236 g/mol. The average molecular weight is 236 g/mol. The molecule has 3 nitrogen and oxygen atoms in total. The van der Waals surface area contributed by atoms with Crippen LogP contribution >= 0.6 is 0 Å². The number of benzene rings is 1. The van der Waals surface area contributed by atoms with Crippen molar-refractivity contribution in [2.24, 2.45) is 11.7 Å². The minimum absolute atomic E-state index is 0.306. The largest absolute Gasteiger partial charge is 0.390 e. The van der Waals surface area contributed by atoms with E-state index in [1.165, 1.54) is 11.1 Å². The molecule has 0 aliphatic carbocycles. The predicted molar refractivity (Wildman–Crippen MR) is 71.8 cm³/mol. The van der Waals surface area contributed by atoms with Gasteiger partial charge in [0.05, 0.1) is 6.10 Å². The van der Waals surface area contributed by atoms with Crippen LogP contribution in [0.3, 0.4) is 0 Å². The lowest BCUT2D eigenvalue weighted by Crippen LogP contribution is -2.32. The number of aliphatic hydroxyl groups excluding tert-OH is 1. The van der Waals surface area contributed by atoms with E-state index in [1.807, 2.05) is 0 Å². The molecule has 0 amide bonds. The van der Waals surface area contributed by atoms with E-state index in [9.17, 15) is 5.11 Å². The minimum atomic E-state index is -0.449. The second kappa shape index (κ2) is 7.43. The van der Waals surface area contributed by atoms with Crippen LogP contribution in [0, 0.1) is 5.92 Å². The highest BCUT2D eigenvalue weighted by molar-refractivity contribution is 5.22. The summed E-state index contributed by atoms with van der Waals surface area (Å²) in [5.74, 6) is 0.693. The van der Waals surface area contributed by atoms with E-state index in [2.05, 4.69) is 43.4 Å². The number of hydrogen-bond donors (Lipinski definition) is 3. The van der Waals surface area contributed by atoms with Gasteiger partial charge in [-0.1, -0.05) is 38.1 Å². The molecule has 0 saturated heterocycles. The van der Waals surface area contributed by atoms with Gasteiger partial charge in [-0.25, -0.2) is 0 Å². The molecule has 4 N–H and O–H groups in total. The maximum Gasteiger partial charge on any atom is 0.0786 e. The first-order valence-corrected chi connectivity index (χ1v) is 6.28. The van der Waals surface area contributed by atoms with Gasteiger partial charge in [-0.05, 0) is 23.5 Å². The Labute approximate surface area is 104 Å². The topological polar surface area (TPSA) is 58.3 Å². The Kier molecular flexibility index (Phi) is 6.19. The molecular weight excluding hydrogens is 212 g/mol. The molecular formula is C14H24N2O. The molecule has 1 aromatic rings. The van der Waals surface area contributed by atoms with E-state index in [0.29, 0.717) is 19.0 Å². The van der Waals surface area contributed by atoms with Gasteiger partial charge < -0.3 is 16.2 Å². The minimum Gasteiger partial charge on any atom is -0.390 e. The zero-order valence-electron chi connectivity index (χ0n) is 10.8. The van der Waals surface area contributed by atoms with E-state index in [-0.39, 0.29) is 0 Å². The first-order valence-electron chi connectivity index (χ1n) is 6.28. The lowest BCUT2D eigenvalue weighted by molar-refractivity contribution is 0.179. The molecule has 0 aromatic heterocycles. The molecule has 0 spiro atoms. The molecule has 0 aliphatic heterocycles. The van der Waals surface area contributed by atoms with Gasteiger partial charge in [-0.3, -0.25) is 0 Å². The fourth-order valence-electron chi connectivity index (χ4n) is 1.73. The molecule has 0 heterocycles. The van der Waals surface area contributed by atoms with Gasteiger partial charge in [0.25, 0.3) is 0 Å². The fourth-order valence-corrected chi connectivity index (χ4v) is 1.73. The lowest BCUT2D eigenvalue weighted by Gasteiger charge is -2.10. The van der Waals surface area contributed by atoms with Crippen molar-refractivity contribution in [2.45, 2.75) is 32.9 Å². The summed E-state index contributed by atoms with van der Waals surface area (Å²) in [4.78, 5) is 0. The first kappa shape index (κ1) is 14.2. The Hall–Kier alpha value is -0.900. The molecule has 1 atom stereocenters. The fraction of sp³-hybridized carbons (Fsp3) is 0.571. The third-order valence-electron chi connectivity index (χ3n) is 2.65. The van der Waals surface area contributed by atoms with Crippen molar-refractivity contribution in [3.63, 3.8) is 0 Å². The van der Waals surface area contributed by atoms with Gasteiger partial charge in [-0.15, -0.1) is 0 Å². The van der Waals surface area contributed by atoms with Gasteiger partial charge in [0.2, 0.25) is 0 Å². The molecule has 0 bridgehead atoms. The van der Waals surface area contributed by atoms with E-state index in [1.54, 1.807) is 0 Å². The molecule has 0 saturated carbocycles. The number of nitrogens with one attached hydrogen (secondary N) is 1. The Morgan fingerprint density at radius 3 is 2.29 bits per heavy atom. The summed E-state index contributed by atoms with van der Waals surface area (Å²) >= 11 is 0. The second-order valence-corrected chi connectivity index (χ2v) is 4.93. The van der Waals surface area contributed by atoms with E-state index in [0.717, 1.165) is 13.0 Å². The number of rotatable bonds is 7. The van der Waals surface area contributed by atoms with Crippen LogP contribution in [0.1, 0.15) is 25.0 Å². The standard InChI is InChI=1S/C14H24N2O/c1-11(2)7-12-3-5-13(6-4-12)9-16-10-14(17)8-15/h3-6,11,14,16-17H,7-10,15H2,1-2H3. The van der Waals surface area contributed by atoms with Gasteiger partial charge in [-0.2, -0.15) is 0 Å². The predicted octanol–water partition coefficient (Wildman–Crippen LogP) is 1.29. The highest BCUT2D eigenvalue weighted by Gasteiger charge is 2.01. The van der Waals surface area contributed by atoms with Crippen molar-refractivity contribution in [1.29, 1.82) is 0 Å². The van der Waals surface area contributed by atoms with Gasteiger partial charge >= 0.3 is 0 Å². The van der Waals surface area contributed by atoms with Crippen molar-refractivity contribution in [2.75, 3.05) is 13.1 Å². The van der Waals surface area contributed by atoms with Crippen LogP contribution < -0.4 is 11.1 Å². The van der Waals surface area contributed by atoms with Crippen molar-refractivity contribution in [3.05, 3.63) is 35.4 Å². The quantitative estimate of drug-likeness (QED) is 0.668. The van der Waals surface area contributed by atoms with Crippen LogP contribution in [-0.4, -0.2) is 24.3 Å². The zero-order chi connectivity index (χ0) is 12.7. The summed E-state index contributed by atoms with van der Waals surface area (Å²) in [6.45, 7) is 6.08. The van der Waals surface area contributed by atoms with Crippen molar-refractivity contribution >= 4 is 0 Å². The summed E-state index contributed by atoms with van der Waals surface area (Å²) in [7, 11) is 0. The average Bonchev–Trinajstić information content (AvgIpc) is 2.30. The Morgan fingerprint density at radius 2 is 1.76 bits per heavy atom. The van der Waals surface area contributed by atoms with Crippen molar-refractivity contribution < 1.29 is 5.11 Å². The summed E-state index contributed by atoms with van der Waals surface area (Å²) in [5.41, 5.74) is 7.95. The number of nitrogens with two attached hydrogens (primary N) is 1. The normalized spacial score (nSPS) is 13.0. The second-order valence-electron chi connectivity index (χ2n) is 4.93. The first-order chi connectivity index (χ1) is 8.11. The Balaban J connectivity index is 2.35. The van der Waals surface area contributed by atoms with E-state index < -0.39 is 6.10 Å². The van der Waals surface area contributed by atoms with Crippen LogP contribution in [0.2, 0.25) is 0 Å². The lowest BCUT2D eigenvalue weighted by atomic mass is 10.0. The summed E-state index contributed by atoms with van der Waals surface area (Å²) < 4.78 is 0. The zero-order valence-corrected chi connectivity index (χ0v) is 10.8. The van der Waals surface area contributed by atoms with Crippen molar-refractivity contribution in [3.8, 4) is 0 Å². The highest BCUT2D eigenvalue weighted by Crippen LogP contribution is 2.09. The smallest absolute Gasteiger partial charge is 0.0786 e. The van der Waals surface area contributed by atoms with Crippen LogP contribution in [0.4, 0.5) is 0 Å². The van der Waals surface area contributed by atoms with E-state index in [4.69, 9.17) is 5.73 Å². The molecule has 3 heteroatoms. The summed E-state index contributed by atoms with van der Waals surface area (Å²) in [6.07, 6.45) is 0.676.